The topological polar surface area (TPSA) is 69.6 Å². The standard InChI is InChI=1S/C10H11ClFN5S/c11-8-5-7(1-2-9(8)12)6-18-10-14-15-16-17(10)4-3-13/h1-2,5H,3-4,6,13H2. The molecule has 0 bridgehead atoms. The molecule has 0 aliphatic carbocycles. The molecule has 0 aliphatic heterocycles. The van der Waals surface area contributed by atoms with Gasteiger partial charge in [0.1, 0.15) is 5.82 Å². The van der Waals surface area contributed by atoms with Crippen molar-refractivity contribution >= 4 is 23.4 Å². The summed E-state index contributed by atoms with van der Waals surface area (Å²) in [5.74, 6) is 0.198. The summed E-state index contributed by atoms with van der Waals surface area (Å²) in [4.78, 5) is 0. The molecule has 0 aliphatic rings. The second-order valence-corrected chi connectivity index (χ2v) is 4.86. The second-order valence-electron chi connectivity index (χ2n) is 3.51. The number of hydrogen-bond donors (Lipinski definition) is 1. The molecule has 0 spiro atoms. The molecule has 0 atom stereocenters. The zero-order valence-corrected chi connectivity index (χ0v) is 11.0. The van der Waals surface area contributed by atoms with E-state index >= 15 is 0 Å². The normalized spacial score (nSPS) is 10.8. The number of hydrogen-bond acceptors (Lipinski definition) is 5. The van der Waals surface area contributed by atoms with Crippen LogP contribution >= 0.6 is 23.4 Å². The summed E-state index contributed by atoms with van der Waals surface area (Å²) in [6, 6.07) is 4.63. The number of benzene rings is 1. The van der Waals surface area contributed by atoms with Crippen molar-refractivity contribution in [2.45, 2.75) is 17.5 Å². The van der Waals surface area contributed by atoms with Gasteiger partial charge in [-0.2, -0.15) is 0 Å². The van der Waals surface area contributed by atoms with Gasteiger partial charge in [-0.1, -0.05) is 29.4 Å². The van der Waals surface area contributed by atoms with Crippen LogP contribution in [0.4, 0.5) is 4.39 Å². The van der Waals surface area contributed by atoms with Crippen LogP contribution in [0.5, 0.6) is 0 Å². The Hall–Kier alpha value is -1.18. The van der Waals surface area contributed by atoms with E-state index in [4.69, 9.17) is 17.3 Å². The van der Waals surface area contributed by atoms with E-state index < -0.39 is 5.82 Å². The fraction of sp³-hybridized carbons (Fsp3) is 0.300. The third kappa shape index (κ3) is 3.18. The van der Waals surface area contributed by atoms with Crippen molar-refractivity contribution in [3.05, 3.63) is 34.6 Å². The maximum atomic E-state index is 13.0. The van der Waals surface area contributed by atoms with Crippen molar-refractivity contribution in [3.63, 3.8) is 0 Å². The summed E-state index contributed by atoms with van der Waals surface area (Å²) in [5.41, 5.74) is 6.36. The molecule has 1 aromatic heterocycles. The van der Waals surface area contributed by atoms with Crippen LogP contribution in [0.2, 0.25) is 5.02 Å². The molecule has 2 aromatic rings. The van der Waals surface area contributed by atoms with Crippen molar-refractivity contribution in [1.29, 1.82) is 0 Å². The van der Waals surface area contributed by atoms with E-state index in [0.717, 1.165) is 5.56 Å². The molecule has 0 saturated carbocycles. The van der Waals surface area contributed by atoms with Crippen LogP contribution in [0.15, 0.2) is 23.4 Å². The van der Waals surface area contributed by atoms with Gasteiger partial charge in [-0.05, 0) is 28.1 Å². The van der Waals surface area contributed by atoms with Crippen molar-refractivity contribution < 1.29 is 4.39 Å². The van der Waals surface area contributed by atoms with Crippen LogP contribution in [0, 0.1) is 5.82 Å². The zero-order valence-electron chi connectivity index (χ0n) is 9.38. The Morgan fingerprint density at radius 1 is 1.44 bits per heavy atom. The van der Waals surface area contributed by atoms with Gasteiger partial charge in [0.2, 0.25) is 5.16 Å². The maximum absolute atomic E-state index is 13.0. The van der Waals surface area contributed by atoms with Crippen molar-refractivity contribution in [2.75, 3.05) is 6.54 Å². The Morgan fingerprint density at radius 2 is 2.28 bits per heavy atom. The van der Waals surface area contributed by atoms with Crippen LogP contribution in [0.1, 0.15) is 5.56 Å². The molecule has 2 N–H and O–H groups in total. The van der Waals surface area contributed by atoms with E-state index in [2.05, 4.69) is 15.5 Å². The molecule has 0 radical (unpaired) electrons. The highest BCUT2D eigenvalue weighted by Crippen LogP contribution is 2.23. The van der Waals surface area contributed by atoms with Gasteiger partial charge in [0.05, 0.1) is 11.6 Å². The first kappa shape index (κ1) is 13.3. The highest BCUT2D eigenvalue weighted by molar-refractivity contribution is 7.98. The van der Waals surface area contributed by atoms with E-state index in [1.54, 1.807) is 16.8 Å². The van der Waals surface area contributed by atoms with E-state index in [0.29, 0.717) is 24.0 Å². The molecular weight excluding hydrogens is 277 g/mol. The average molecular weight is 288 g/mol. The minimum absolute atomic E-state index is 0.120. The van der Waals surface area contributed by atoms with E-state index in [9.17, 15) is 4.39 Å². The van der Waals surface area contributed by atoms with Gasteiger partial charge in [-0.25, -0.2) is 9.07 Å². The zero-order chi connectivity index (χ0) is 13.0. The summed E-state index contributed by atoms with van der Waals surface area (Å²) in [6.07, 6.45) is 0. The largest absolute Gasteiger partial charge is 0.329 e. The fourth-order valence-corrected chi connectivity index (χ4v) is 2.39. The lowest BCUT2D eigenvalue weighted by molar-refractivity contribution is 0.557. The fourth-order valence-electron chi connectivity index (χ4n) is 1.34. The van der Waals surface area contributed by atoms with Crippen LogP contribution in [-0.2, 0) is 12.3 Å². The average Bonchev–Trinajstić information content (AvgIpc) is 2.79. The highest BCUT2D eigenvalue weighted by Gasteiger charge is 2.07. The van der Waals surface area contributed by atoms with Crippen LogP contribution < -0.4 is 5.73 Å². The number of rotatable bonds is 5. The lowest BCUT2D eigenvalue weighted by atomic mass is 10.2. The van der Waals surface area contributed by atoms with Crippen LogP contribution in [0.25, 0.3) is 0 Å². The first-order valence-corrected chi connectivity index (χ1v) is 6.60. The smallest absolute Gasteiger partial charge is 0.209 e. The van der Waals surface area contributed by atoms with Gasteiger partial charge < -0.3 is 5.73 Å². The minimum atomic E-state index is -0.418. The predicted molar refractivity (Wildman–Crippen MR) is 67.8 cm³/mol. The van der Waals surface area contributed by atoms with Gasteiger partial charge in [0.15, 0.2) is 0 Å². The lowest BCUT2D eigenvalue weighted by Crippen LogP contribution is -2.12. The molecule has 0 saturated heterocycles. The summed E-state index contributed by atoms with van der Waals surface area (Å²) >= 11 is 7.16. The molecule has 2 rings (SSSR count). The first-order valence-electron chi connectivity index (χ1n) is 5.23. The molecule has 1 aromatic carbocycles. The number of tetrazole rings is 1. The summed E-state index contributed by atoms with van der Waals surface area (Å²) < 4.78 is 14.6. The van der Waals surface area contributed by atoms with Crippen molar-refractivity contribution in [3.8, 4) is 0 Å². The number of nitrogens with zero attached hydrogens (tertiary/aromatic N) is 4. The molecule has 5 nitrogen and oxygen atoms in total. The van der Waals surface area contributed by atoms with E-state index in [1.807, 2.05) is 0 Å². The van der Waals surface area contributed by atoms with Gasteiger partial charge >= 0.3 is 0 Å². The van der Waals surface area contributed by atoms with E-state index in [1.165, 1.54) is 17.8 Å². The Balaban J connectivity index is 2.02. The molecule has 0 unspecified atom stereocenters. The Labute approximate surface area is 112 Å². The molecule has 18 heavy (non-hydrogen) atoms. The third-order valence-corrected chi connectivity index (χ3v) is 3.51. The van der Waals surface area contributed by atoms with Crippen molar-refractivity contribution in [1.82, 2.24) is 20.2 Å². The maximum Gasteiger partial charge on any atom is 0.209 e. The van der Waals surface area contributed by atoms with Gasteiger partial charge in [0, 0.05) is 12.3 Å². The molecule has 96 valence electrons. The second kappa shape index (κ2) is 6.12. The monoisotopic (exact) mass is 287 g/mol. The highest BCUT2D eigenvalue weighted by atomic mass is 35.5. The number of halogens is 2. The number of thioether (sulfide) groups is 1. The summed E-state index contributed by atoms with van der Waals surface area (Å²) in [5, 5.41) is 12.1. The molecule has 1 heterocycles. The molecule has 8 heteroatoms. The van der Waals surface area contributed by atoms with Crippen molar-refractivity contribution in [2.24, 2.45) is 5.73 Å². The van der Waals surface area contributed by atoms with Gasteiger partial charge in [0.25, 0.3) is 0 Å². The number of aromatic nitrogens is 4. The Kier molecular flexibility index (Phi) is 4.51. The SMILES string of the molecule is NCCn1nnnc1SCc1ccc(F)c(Cl)c1. The summed E-state index contributed by atoms with van der Waals surface area (Å²) in [7, 11) is 0. The Bertz CT molecular complexity index is 533. The predicted octanol–water partition coefficient (Wildman–Crippen LogP) is 1.72. The van der Waals surface area contributed by atoms with Gasteiger partial charge in [-0.3, -0.25) is 0 Å². The molecule has 0 amide bonds. The van der Waals surface area contributed by atoms with E-state index in [-0.39, 0.29) is 5.02 Å². The number of nitrogens with two attached hydrogens (primary N) is 1. The Morgan fingerprint density at radius 3 is 3.00 bits per heavy atom. The van der Waals surface area contributed by atoms with Crippen LogP contribution in [-0.4, -0.2) is 26.8 Å². The first-order chi connectivity index (χ1) is 8.70. The lowest BCUT2D eigenvalue weighted by Gasteiger charge is -2.03. The summed E-state index contributed by atoms with van der Waals surface area (Å²) in [6.45, 7) is 1.04. The quantitative estimate of drug-likeness (QED) is 0.848. The third-order valence-electron chi connectivity index (χ3n) is 2.19. The molecular formula is C10H11ClFN5S. The van der Waals surface area contributed by atoms with Crippen LogP contribution in [0.3, 0.4) is 0 Å². The van der Waals surface area contributed by atoms with Gasteiger partial charge in [-0.15, -0.1) is 5.10 Å². The minimum Gasteiger partial charge on any atom is -0.329 e. The molecule has 0 fully saturated rings.